The lowest BCUT2D eigenvalue weighted by atomic mass is 9.84. The van der Waals surface area contributed by atoms with Crippen LogP contribution in [-0.2, 0) is 13.0 Å². The number of hydrogen-bond donors (Lipinski definition) is 1. The molecule has 2 unspecified atom stereocenters. The number of aryl methyl sites for hydroxylation is 1. The zero-order chi connectivity index (χ0) is 14.8. The van der Waals surface area contributed by atoms with Crippen molar-refractivity contribution in [2.45, 2.75) is 66.1 Å². The van der Waals surface area contributed by atoms with Crippen LogP contribution >= 0.6 is 0 Å². The van der Waals surface area contributed by atoms with Crippen LogP contribution in [0.15, 0.2) is 23.7 Å². The molecule has 1 aliphatic rings. The number of fused-ring (bicyclic) bond motifs is 1. The Bertz CT molecular complexity index is 516. The highest BCUT2D eigenvalue weighted by Gasteiger charge is 2.27. The minimum absolute atomic E-state index is 0.0832. The zero-order valence-electron chi connectivity index (χ0n) is 13.3. The fourth-order valence-electron chi connectivity index (χ4n) is 2.40. The summed E-state index contributed by atoms with van der Waals surface area (Å²) in [7, 11) is 0. The third-order valence-electron chi connectivity index (χ3n) is 4.14. The van der Waals surface area contributed by atoms with E-state index in [2.05, 4.69) is 61.8 Å². The maximum atomic E-state index is 4.28. The maximum Gasteiger partial charge on any atom is 0.138 e. The molecule has 110 valence electrons. The average Bonchev–Trinajstić information content (AvgIpc) is 2.84. The third kappa shape index (κ3) is 3.59. The van der Waals surface area contributed by atoms with Crippen molar-refractivity contribution in [1.82, 2.24) is 20.1 Å². The molecule has 0 amide bonds. The van der Waals surface area contributed by atoms with Gasteiger partial charge in [-0.15, -0.1) is 5.73 Å². The van der Waals surface area contributed by atoms with Gasteiger partial charge in [-0.3, -0.25) is 0 Å². The highest BCUT2D eigenvalue weighted by atomic mass is 15.3. The number of nitrogens with one attached hydrogen (secondary N) is 1. The minimum atomic E-state index is 0.0832. The summed E-state index contributed by atoms with van der Waals surface area (Å²) in [6, 6.07) is 0.864. The van der Waals surface area contributed by atoms with Gasteiger partial charge in [0.15, 0.2) is 0 Å². The molecule has 4 nitrogen and oxygen atoms in total. The van der Waals surface area contributed by atoms with Crippen LogP contribution in [0, 0.1) is 5.41 Å². The van der Waals surface area contributed by atoms with E-state index in [0.717, 1.165) is 25.2 Å². The molecule has 0 aromatic carbocycles. The van der Waals surface area contributed by atoms with Crippen molar-refractivity contribution >= 4 is 0 Å². The van der Waals surface area contributed by atoms with Gasteiger partial charge >= 0.3 is 0 Å². The van der Waals surface area contributed by atoms with E-state index < -0.39 is 0 Å². The Hall–Kier alpha value is -1.38. The molecule has 0 saturated carbocycles. The van der Waals surface area contributed by atoms with Crippen molar-refractivity contribution < 1.29 is 0 Å². The van der Waals surface area contributed by atoms with E-state index in [4.69, 9.17) is 0 Å². The second-order valence-electron chi connectivity index (χ2n) is 6.59. The predicted octanol–water partition coefficient (Wildman–Crippen LogP) is 2.72. The third-order valence-corrected chi connectivity index (χ3v) is 4.14. The molecule has 0 saturated heterocycles. The molecule has 1 aromatic rings. The van der Waals surface area contributed by atoms with Gasteiger partial charge in [-0.2, -0.15) is 5.10 Å². The summed E-state index contributed by atoms with van der Waals surface area (Å²) in [5.74, 6) is 1.11. The highest BCUT2D eigenvalue weighted by Crippen LogP contribution is 2.24. The lowest BCUT2D eigenvalue weighted by Crippen LogP contribution is -2.47. The van der Waals surface area contributed by atoms with Crippen molar-refractivity contribution in [3.05, 3.63) is 29.5 Å². The van der Waals surface area contributed by atoms with E-state index in [1.165, 1.54) is 5.57 Å². The Morgan fingerprint density at radius 3 is 3.00 bits per heavy atom. The van der Waals surface area contributed by atoms with Crippen molar-refractivity contribution in [2.75, 3.05) is 0 Å². The first kappa shape index (κ1) is 15.0. The van der Waals surface area contributed by atoms with E-state index in [0.29, 0.717) is 12.1 Å². The van der Waals surface area contributed by atoms with Gasteiger partial charge in [-0.25, -0.2) is 9.67 Å². The largest absolute Gasteiger partial charge is 0.309 e. The van der Waals surface area contributed by atoms with E-state index >= 15 is 0 Å². The molecule has 0 fully saturated rings. The highest BCUT2D eigenvalue weighted by molar-refractivity contribution is 5.04. The Labute approximate surface area is 122 Å². The molecular formula is C16H26N4. The molecule has 4 heteroatoms. The standard InChI is InChI=1S/C16H26N4/c1-12(2)8-9-16(4,5)13(3)19-14-6-7-15-17-11-18-20(15)10-14/h9,11,13-14,19H,6-7,10H2,1-5H3. The Kier molecular flexibility index (Phi) is 4.46. The molecule has 0 aliphatic carbocycles. The van der Waals surface area contributed by atoms with Gasteiger partial charge in [0.1, 0.15) is 12.2 Å². The Morgan fingerprint density at radius 2 is 2.30 bits per heavy atom. The normalized spacial score (nSPS) is 19.9. The smallest absolute Gasteiger partial charge is 0.138 e. The minimum Gasteiger partial charge on any atom is -0.309 e. The van der Waals surface area contributed by atoms with Gasteiger partial charge in [0.2, 0.25) is 0 Å². The SMILES string of the molecule is CC(C)=C=CC(C)(C)C(C)NC1CCc2ncnn2C1. The molecule has 2 heterocycles. The van der Waals surface area contributed by atoms with Gasteiger partial charge in [-0.05, 0) is 38.8 Å². The lowest BCUT2D eigenvalue weighted by molar-refractivity contribution is 0.259. The van der Waals surface area contributed by atoms with Crippen LogP contribution in [0.2, 0.25) is 0 Å². The fourth-order valence-corrected chi connectivity index (χ4v) is 2.40. The maximum absolute atomic E-state index is 4.28. The first-order valence-electron chi connectivity index (χ1n) is 7.42. The summed E-state index contributed by atoms with van der Waals surface area (Å²) >= 11 is 0. The number of nitrogens with zero attached hydrogens (tertiary/aromatic N) is 3. The number of aromatic nitrogens is 3. The van der Waals surface area contributed by atoms with Crippen molar-refractivity contribution in [3.63, 3.8) is 0 Å². The molecule has 0 spiro atoms. The van der Waals surface area contributed by atoms with Crippen molar-refractivity contribution in [1.29, 1.82) is 0 Å². The summed E-state index contributed by atoms with van der Waals surface area (Å²) in [6.07, 6.45) is 5.98. The fraction of sp³-hybridized carbons (Fsp3) is 0.688. The molecule has 2 rings (SSSR count). The summed E-state index contributed by atoms with van der Waals surface area (Å²) in [6.45, 7) is 11.8. The van der Waals surface area contributed by atoms with Crippen molar-refractivity contribution in [3.8, 4) is 0 Å². The van der Waals surface area contributed by atoms with E-state index in [-0.39, 0.29) is 5.41 Å². The van der Waals surface area contributed by atoms with Gasteiger partial charge in [0.25, 0.3) is 0 Å². The first-order chi connectivity index (χ1) is 9.38. The van der Waals surface area contributed by atoms with Gasteiger partial charge in [0, 0.05) is 23.9 Å². The van der Waals surface area contributed by atoms with Gasteiger partial charge < -0.3 is 5.32 Å². The van der Waals surface area contributed by atoms with Crippen LogP contribution in [0.3, 0.4) is 0 Å². The summed E-state index contributed by atoms with van der Waals surface area (Å²) in [5.41, 5.74) is 4.64. The molecule has 2 atom stereocenters. The quantitative estimate of drug-likeness (QED) is 0.859. The van der Waals surface area contributed by atoms with E-state index in [9.17, 15) is 0 Å². The monoisotopic (exact) mass is 274 g/mol. The second-order valence-corrected chi connectivity index (χ2v) is 6.59. The molecule has 1 N–H and O–H groups in total. The topological polar surface area (TPSA) is 42.7 Å². The van der Waals surface area contributed by atoms with E-state index in [1.54, 1.807) is 6.33 Å². The Morgan fingerprint density at radius 1 is 1.55 bits per heavy atom. The van der Waals surface area contributed by atoms with Crippen LogP contribution < -0.4 is 5.32 Å². The van der Waals surface area contributed by atoms with Gasteiger partial charge in [-0.1, -0.05) is 13.8 Å². The van der Waals surface area contributed by atoms with Crippen LogP contribution in [0.4, 0.5) is 0 Å². The molecular weight excluding hydrogens is 248 g/mol. The molecule has 20 heavy (non-hydrogen) atoms. The predicted molar refractivity (Wildman–Crippen MR) is 81.5 cm³/mol. The average molecular weight is 274 g/mol. The summed E-state index contributed by atoms with van der Waals surface area (Å²) in [5, 5.41) is 8.02. The van der Waals surface area contributed by atoms with Gasteiger partial charge in [0.05, 0.1) is 6.54 Å². The number of rotatable bonds is 4. The van der Waals surface area contributed by atoms with E-state index in [1.807, 2.05) is 4.68 Å². The molecule has 1 aliphatic heterocycles. The van der Waals surface area contributed by atoms with Crippen LogP contribution in [-0.4, -0.2) is 26.8 Å². The second kappa shape index (κ2) is 5.94. The van der Waals surface area contributed by atoms with Crippen LogP contribution in [0.5, 0.6) is 0 Å². The summed E-state index contributed by atoms with van der Waals surface area (Å²) in [4.78, 5) is 4.27. The Balaban J connectivity index is 1.99. The molecule has 0 bridgehead atoms. The first-order valence-corrected chi connectivity index (χ1v) is 7.42. The van der Waals surface area contributed by atoms with Crippen molar-refractivity contribution in [2.24, 2.45) is 5.41 Å². The van der Waals surface area contributed by atoms with Crippen LogP contribution in [0.1, 0.15) is 46.9 Å². The zero-order valence-corrected chi connectivity index (χ0v) is 13.3. The summed E-state index contributed by atoms with van der Waals surface area (Å²) < 4.78 is 2.02. The molecule has 0 radical (unpaired) electrons. The number of hydrogen-bond acceptors (Lipinski definition) is 3. The lowest BCUT2D eigenvalue weighted by Gasteiger charge is -2.34. The van der Waals surface area contributed by atoms with Crippen LogP contribution in [0.25, 0.3) is 0 Å². The molecule has 1 aromatic heterocycles.